The average molecular weight is 423 g/mol. The molecule has 1 aliphatic rings. The smallest absolute Gasteiger partial charge is 0.279 e. The van der Waals surface area contributed by atoms with Gasteiger partial charge in [0.2, 0.25) is 5.91 Å². The zero-order valence-corrected chi connectivity index (χ0v) is 17.4. The summed E-state index contributed by atoms with van der Waals surface area (Å²) in [6, 6.07) is 16.9. The van der Waals surface area contributed by atoms with Crippen molar-refractivity contribution in [1.82, 2.24) is 4.41 Å². The molecule has 2 heterocycles. The van der Waals surface area contributed by atoms with E-state index in [-0.39, 0.29) is 10.8 Å². The molecule has 154 valence electrons. The zero-order valence-electron chi connectivity index (χ0n) is 16.6. The molecule has 7 nitrogen and oxygen atoms in total. The largest absolute Gasteiger partial charge is 0.467 e. The van der Waals surface area contributed by atoms with Crippen molar-refractivity contribution >= 4 is 27.3 Å². The van der Waals surface area contributed by atoms with E-state index in [4.69, 9.17) is 4.42 Å². The van der Waals surface area contributed by atoms with Crippen LogP contribution in [0.3, 0.4) is 0 Å². The molecule has 0 saturated heterocycles. The maximum absolute atomic E-state index is 13.4. The highest BCUT2D eigenvalue weighted by Crippen LogP contribution is 2.38. The van der Waals surface area contributed by atoms with E-state index in [2.05, 4.69) is 10.4 Å². The van der Waals surface area contributed by atoms with Crippen molar-refractivity contribution in [2.75, 3.05) is 5.32 Å². The standard InChI is InChI=1S/C22H21N3O4S/c1-15-6-3-4-8-22(15)30(27,28)25-20(21-7-5-13-29-21)14-19(24-25)17-9-11-18(12-10-17)23-16(2)26/h3-13,20H,14H2,1-2H3,(H,23,26). The fourth-order valence-electron chi connectivity index (χ4n) is 3.47. The number of amides is 1. The van der Waals surface area contributed by atoms with Gasteiger partial charge in [0, 0.05) is 19.0 Å². The van der Waals surface area contributed by atoms with Gasteiger partial charge in [-0.05, 0) is 48.4 Å². The monoisotopic (exact) mass is 423 g/mol. The molecule has 1 aromatic heterocycles. The summed E-state index contributed by atoms with van der Waals surface area (Å²) in [6.45, 7) is 3.20. The second-order valence-corrected chi connectivity index (χ2v) is 8.85. The van der Waals surface area contributed by atoms with Crippen LogP contribution in [0.1, 0.15) is 36.3 Å². The quantitative estimate of drug-likeness (QED) is 0.669. The van der Waals surface area contributed by atoms with E-state index in [1.165, 1.54) is 13.2 Å². The van der Waals surface area contributed by atoms with Crippen LogP contribution in [-0.2, 0) is 14.8 Å². The normalized spacial score (nSPS) is 16.4. The van der Waals surface area contributed by atoms with E-state index in [1.54, 1.807) is 55.5 Å². The Bertz CT molecular complexity index is 1200. The Morgan fingerprint density at radius 1 is 1.10 bits per heavy atom. The summed E-state index contributed by atoms with van der Waals surface area (Å²) in [5.41, 5.74) is 2.72. The first kappa shape index (κ1) is 19.9. The molecular formula is C22H21N3O4S. The highest BCUT2D eigenvalue weighted by atomic mass is 32.2. The van der Waals surface area contributed by atoms with Crippen LogP contribution in [0.4, 0.5) is 5.69 Å². The molecule has 4 rings (SSSR count). The van der Waals surface area contributed by atoms with Gasteiger partial charge in [-0.1, -0.05) is 30.3 Å². The Balaban J connectivity index is 1.74. The molecule has 0 bridgehead atoms. The van der Waals surface area contributed by atoms with Crippen molar-refractivity contribution in [3.05, 3.63) is 83.8 Å². The van der Waals surface area contributed by atoms with Crippen LogP contribution >= 0.6 is 0 Å². The third-order valence-corrected chi connectivity index (χ3v) is 6.74. The van der Waals surface area contributed by atoms with E-state index in [0.717, 1.165) is 9.98 Å². The number of nitrogens with zero attached hydrogens (tertiary/aromatic N) is 2. The number of nitrogens with one attached hydrogen (secondary N) is 1. The minimum Gasteiger partial charge on any atom is -0.467 e. The zero-order chi connectivity index (χ0) is 21.3. The minimum atomic E-state index is -3.88. The van der Waals surface area contributed by atoms with Crippen molar-refractivity contribution in [1.29, 1.82) is 0 Å². The summed E-state index contributed by atoms with van der Waals surface area (Å²) in [5.74, 6) is 0.370. The number of hydrogen-bond donors (Lipinski definition) is 1. The topological polar surface area (TPSA) is 92.0 Å². The lowest BCUT2D eigenvalue weighted by atomic mass is 10.0. The van der Waals surface area contributed by atoms with Gasteiger partial charge in [0.1, 0.15) is 11.8 Å². The van der Waals surface area contributed by atoms with E-state index in [0.29, 0.717) is 29.1 Å². The summed E-state index contributed by atoms with van der Waals surface area (Å²) in [5, 5.41) is 7.20. The summed E-state index contributed by atoms with van der Waals surface area (Å²) in [6.07, 6.45) is 1.90. The Kier molecular flexibility index (Phi) is 5.17. The molecule has 8 heteroatoms. The van der Waals surface area contributed by atoms with Gasteiger partial charge in [0.05, 0.1) is 16.9 Å². The molecule has 0 saturated carbocycles. The Hall–Kier alpha value is -3.39. The molecule has 1 aliphatic heterocycles. The number of anilines is 1. The van der Waals surface area contributed by atoms with Crippen molar-refractivity contribution in [3.63, 3.8) is 0 Å². The number of aryl methyl sites for hydroxylation is 1. The third-order valence-electron chi connectivity index (χ3n) is 4.90. The van der Waals surface area contributed by atoms with Gasteiger partial charge >= 0.3 is 0 Å². The predicted octanol–water partition coefficient (Wildman–Crippen LogP) is 4.09. The Morgan fingerprint density at radius 3 is 2.47 bits per heavy atom. The second-order valence-electron chi connectivity index (χ2n) is 7.08. The van der Waals surface area contributed by atoms with Gasteiger partial charge in [0.25, 0.3) is 10.0 Å². The average Bonchev–Trinajstić information content (AvgIpc) is 3.38. The van der Waals surface area contributed by atoms with Gasteiger partial charge in [-0.2, -0.15) is 17.9 Å². The first-order valence-corrected chi connectivity index (χ1v) is 10.9. The van der Waals surface area contributed by atoms with E-state index in [1.807, 2.05) is 12.1 Å². The Morgan fingerprint density at radius 2 is 1.83 bits per heavy atom. The van der Waals surface area contributed by atoms with Crippen LogP contribution in [0.15, 0.2) is 81.3 Å². The van der Waals surface area contributed by atoms with Crippen LogP contribution < -0.4 is 5.32 Å². The molecule has 0 spiro atoms. The lowest BCUT2D eigenvalue weighted by Gasteiger charge is -2.22. The SMILES string of the molecule is CC(=O)Nc1ccc(C2=NN(S(=O)(=O)c3ccccc3C)C(c3ccco3)C2)cc1. The minimum absolute atomic E-state index is 0.158. The molecule has 0 fully saturated rings. The highest BCUT2D eigenvalue weighted by Gasteiger charge is 2.39. The van der Waals surface area contributed by atoms with Crippen LogP contribution in [0.25, 0.3) is 0 Å². The van der Waals surface area contributed by atoms with Crippen molar-refractivity contribution in [2.45, 2.75) is 31.2 Å². The third kappa shape index (κ3) is 3.73. The van der Waals surface area contributed by atoms with Gasteiger partial charge in [0.15, 0.2) is 0 Å². The van der Waals surface area contributed by atoms with Crippen LogP contribution in [0.2, 0.25) is 0 Å². The van der Waals surface area contributed by atoms with Gasteiger partial charge < -0.3 is 9.73 Å². The van der Waals surface area contributed by atoms with E-state index >= 15 is 0 Å². The maximum atomic E-state index is 13.4. The molecule has 30 heavy (non-hydrogen) atoms. The first-order valence-electron chi connectivity index (χ1n) is 9.45. The highest BCUT2D eigenvalue weighted by molar-refractivity contribution is 7.89. The predicted molar refractivity (Wildman–Crippen MR) is 114 cm³/mol. The number of carbonyl (C=O) groups is 1. The number of sulfonamides is 1. The molecule has 1 N–H and O–H groups in total. The summed E-state index contributed by atoms with van der Waals surface area (Å²) in [4.78, 5) is 11.4. The molecule has 1 unspecified atom stereocenters. The van der Waals surface area contributed by atoms with E-state index < -0.39 is 16.1 Å². The number of benzene rings is 2. The summed E-state index contributed by atoms with van der Waals surface area (Å²) < 4.78 is 33.6. The molecule has 1 amide bonds. The second kappa shape index (κ2) is 7.79. The van der Waals surface area contributed by atoms with Crippen molar-refractivity contribution in [3.8, 4) is 0 Å². The van der Waals surface area contributed by atoms with Crippen LogP contribution in [-0.4, -0.2) is 24.5 Å². The Labute approximate surface area is 175 Å². The van der Waals surface area contributed by atoms with Gasteiger partial charge in [-0.15, -0.1) is 0 Å². The van der Waals surface area contributed by atoms with Gasteiger partial charge in [-0.3, -0.25) is 4.79 Å². The number of rotatable bonds is 5. The van der Waals surface area contributed by atoms with Gasteiger partial charge in [-0.25, -0.2) is 0 Å². The number of hydrogen-bond acceptors (Lipinski definition) is 5. The molecule has 3 aromatic rings. The molecule has 2 aromatic carbocycles. The molecule has 0 aliphatic carbocycles. The lowest BCUT2D eigenvalue weighted by Crippen LogP contribution is -2.27. The lowest BCUT2D eigenvalue weighted by molar-refractivity contribution is -0.114. The fraction of sp³-hybridized carbons (Fsp3) is 0.182. The first-order chi connectivity index (χ1) is 14.4. The maximum Gasteiger partial charge on any atom is 0.279 e. The fourth-order valence-corrected chi connectivity index (χ4v) is 5.12. The number of furan rings is 1. The van der Waals surface area contributed by atoms with E-state index in [9.17, 15) is 13.2 Å². The number of hydrazone groups is 1. The van der Waals surface area contributed by atoms with Crippen LogP contribution in [0, 0.1) is 6.92 Å². The van der Waals surface area contributed by atoms with Crippen LogP contribution in [0.5, 0.6) is 0 Å². The molecular weight excluding hydrogens is 402 g/mol. The van der Waals surface area contributed by atoms with Crippen molar-refractivity contribution < 1.29 is 17.6 Å². The molecule has 0 radical (unpaired) electrons. The molecule has 1 atom stereocenters. The summed E-state index contributed by atoms with van der Waals surface area (Å²) in [7, 11) is -3.88. The van der Waals surface area contributed by atoms with Crippen molar-refractivity contribution in [2.24, 2.45) is 5.10 Å². The number of carbonyl (C=O) groups excluding carboxylic acids is 1. The summed E-state index contributed by atoms with van der Waals surface area (Å²) >= 11 is 0.